The minimum Gasteiger partial charge on any atom is -0.493 e. The summed E-state index contributed by atoms with van der Waals surface area (Å²) in [6, 6.07) is 18.5. The third-order valence-electron chi connectivity index (χ3n) is 4.01. The maximum atomic E-state index is 13.2. The Labute approximate surface area is 173 Å². The maximum absolute atomic E-state index is 13.2. The smallest absolute Gasteiger partial charge is 0.248 e. The fourth-order valence-corrected chi connectivity index (χ4v) is 2.70. The normalized spacial score (nSPS) is 10.7. The van der Waals surface area contributed by atoms with Gasteiger partial charge in [0.15, 0.2) is 11.5 Å². The molecule has 0 heterocycles. The van der Waals surface area contributed by atoms with Crippen LogP contribution in [0.4, 0.5) is 10.1 Å². The topological polar surface area (TPSA) is 47.6 Å². The molecule has 0 aliphatic rings. The van der Waals surface area contributed by atoms with Crippen molar-refractivity contribution in [1.29, 1.82) is 0 Å². The summed E-state index contributed by atoms with van der Waals surface area (Å²) in [5, 5.41) is 3.27. The first kappa shape index (κ1) is 20.4. The molecule has 0 aromatic heterocycles. The van der Waals surface area contributed by atoms with E-state index < -0.39 is 5.82 Å². The van der Waals surface area contributed by atoms with Gasteiger partial charge in [-0.25, -0.2) is 4.39 Å². The number of hydrogen-bond acceptors (Lipinski definition) is 3. The lowest BCUT2D eigenvalue weighted by Crippen LogP contribution is -2.07. The summed E-state index contributed by atoms with van der Waals surface area (Å²) < 4.78 is 24.4. The van der Waals surface area contributed by atoms with Crippen molar-refractivity contribution in [1.82, 2.24) is 0 Å². The van der Waals surface area contributed by atoms with Gasteiger partial charge in [-0.3, -0.25) is 4.79 Å². The van der Waals surface area contributed by atoms with Gasteiger partial charge in [0, 0.05) is 16.8 Å². The first-order chi connectivity index (χ1) is 14.0. The minimum absolute atomic E-state index is 0.363. The summed E-state index contributed by atoms with van der Waals surface area (Å²) in [6.45, 7) is 0.374. The van der Waals surface area contributed by atoms with E-state index in [1.807, 2.05) is 18.2 Å². The van der Waals surface area contributed by atoms with Crippen molar-refractivity contribution in [2.75, 3.05) is 12.4 Å². The summed E-state index contributed by atoms with van der Waals surface area (Å²) >= 11 is 5.89. The Morgan fingerprint density at radius 1 is 1.07 bits per heavy atom. The first-order valence-corrected chi connectivity index (χ1v) is 9.21. The van der Waals surface area contributed by atoms with Crippen LogP contribution in [-0.2, 0) is 11.4 Å². The minimum atomic E-state index is -0.411. The summed E-state index contributed by atoms with van der Waals surface area (Å²) in [5.74, 6) is 0.360. The van der Waals surface area contributed by atoms with E-state index in [1.165, 1.54) is 24.3 Å². The molecule has 1 amide bonds. The fourth-order valence-electron chi connectivity index (χ4n) is 2.57. The van der Waals surface area contributed by atoms with Gasteiger partial charge in [0.25, 0.3) is 0 Å². The average molecular weight is 412 g/mol. The first-order valence-electron chi connectivity index (χ1n) is 8.83. The Bertz CT molecular complexity index is 1020. The van der Waals surface area contributed by atoms with Crippen molar-refractivity contribution in [2.45, 2.75) is 6.61 Å². The number of methoxy groups -OCH3 is 1. The SMILES string of the molecule is COc1cc(C=CC(=O)Nc2cccc(F)c2)ccc1OCc1ccc(Cl)cc1. The molecular formula is C23H19ClFNO3. The van der Waals surface area contributed by atoms with Crippen LogP contribution in [0.3, 0.4) is 0 Å². The van der Waals surface area contributed by atoms with Crippen LogP contribution in [0, 0.1) is 5.82 Å². The monoisotopic (exact) mass is 411 g/mol. The van der Waals surface area contributed by atoms with Gasteiger partial charge in [-0.15, -0.1) is 0 Å². The number of hydrogen-bond donors (Lipinski definition) is 1. The van der Waals surface area contributed by atoms with E-state index in [0.717, 1.165) is 11.1 Å². The summed E-state index contributed by atoms with van der Waals surface area (Å²) in [6.07, 6.45) is 3.01. The Hall–Kier alpha value is -3.31. The number of rotatable bonds is 7. The van der Waals surface area contributed by atoms with E-state index in [0.29, 0.717) is 28.8 Å². The number of halogens is 2. The standard InChI is InChI=1S/C23H19ClFNO3/c1-28-22-13-16(8-12-23(27)26-20-4-2-3-19(25)14-20)7-11-21(22)29-15-17-5-9-18(24)10-6-17/h2-14H,15H2,1H3,(H,26,27). The van der Waals surface area contributed by atoms with E-state index in [2.05, 4.69) is 5.32 Å². The number of carbonyl (C=O) groups is 1. The Morgan fingerprint density at radius 2 is 1.86 bits per heavy atom. The molecule has 0 saturated heterocycles. The van der Waals surface area contributed by atoms with E-state index in [-0.39, 0.29) is 5.91 Å². The lowest BCUT2D eigenvalue weighted by Gasteiger charge is -2.11. The van der Waals surface area contributed by atoms with Gasteiger partial charge in [-0.05, 0) is 59.7 Å². The maximum Gasteiger partial charge on any atom is 0.248 e. The zero-order chi connectivity index (χ0) is 20.6. The predicted molar refractivity (Wildman–Crippen MR) is 113 cm³/mol. The fraction of sp³-hybridized carbons (Fsp3) is 0.0870. The van der Waals surface area contributed by atoms with Crippen LogP contribution in [-0.4, -0.2) is 13.0 Å². The molecule has 4 nitrogen and oxygen atoms in total. The molecule has 0 aliphatic carbocycles. The van der Waals surface area contributed by atoms with Crippen molar-refractivity contribution in [2.24, 2.45) is 0 Å². The Morgan fingerprint density at radius 3 is 2.59 bits per heavy atom. The number of carbonyl (C=O) groups excluding carboxylic acids is 1. The molecule has 1 N–H and O–H groups in total. The lowest BCUT2D eigenvalue weighted by molar-refractivity contribution is -0.111. The van der Waals surface area contributed by atoms with E-state index in [4.69, 9.17) is 21.1 Å². The summed E-state index contributed by atoms with van der Waals surface area (Å²) in [4.78, 5) is 12.0. The number of nitrogens with one attached hydrogen (secondary N) is 1. The van der Waals surface area contributed by atoms with Crippen LogP contribution < -0.4 is 14.8 Å². The zero-order valence-corrected chi connectivity index (χ0v) is 16.4. The largest absolute Gasteiger partial charge is 0.493 e. The van der Waals surface area contributed by atoms with Gasteiger partial charge in [0.1, 0.15) is 12.4 Å². The third kappa shape index (κ3) is 6.09. The molecule has 0 aliphatic heterocycles. The van der Waals surface area contributed by atoms with Crippen molar-refractivity contribution in [3.63, 3.8) is 0 Å². The van der Waals surface area contributed by atoms with Crippen LogP contribution in [0.5, 0.6) is 11.5 Å². The van der Waals surface area contributed by atoms with Crippen LogP contribution in [0.25, 0.3) is 6.08 Å². The quantitative estimate of drug-likeness (QED) is 0.506. The van der Waals surface area contributed by atoms with Gasteiger partial charge in [0.2, 0.25) is 5.91 Å². The molecule has 3 rings (SSSR count). The van der Waals surface area contributed by atoms with Gasteiger partial charge < -0.3 is 14.8 Å². The van der Waals surface area contributed by atoms with Crippen molar-refractivity contribution in [3.8, 4) is 11.5 Å². The average Bonchev–Trinajstić information content (AvgIpc) is 2.72. The summed E-state index contributed by atoms with van der Waals surface area (Å²) in [7, 11) is 1.55. The molecule has 0 unspecified atom stereocenters. The van der Waals surface area contributed by atoms with Crippen molar-refractivity contribution >= 4 is 29.3 Å². The highest BCUT2D eigenvalue weighted by Crippen LogP contribution is 2.29. The molecule has 0 fully saturated rings. The number of anilines is 1. The summed E-state index contributed by atoms with van der Waals surface area (Å²) in [5.41, 5.74) is 2.13. The van der Waals surface area contributed by atoms with Gasteiger partial charge >= 0.3 is 0 Å². The molecule has 0 atom stereocenters. The lowest BCUT2D eigenvalue weighted by atomic mass is 10.2. The molecule has 29 heavy (non-hydrogen) atoms. The molecule has 0 bridgehead atoms. The number of ether oxygens (including phenoxy) is 2. The van der Waals surface area contributed by atoms with Crippen LogP contribution in [0.15, 0.2) is 72.8 Å². The van der Waals surface area contributed by atoms with Crippen LogP contribution in [0.1, 0.15) is 11.1 Å². The van der Waals surface area contributed by atoms with Gasteiger partial charge in [-0.1, -0.05) is 35.9 Å². The van der Waals surface area contributed by atoms with E-state index >= 15 is 0 Å². The molecule has 6 heteroatoms. The highest BCUT2D eigenvalue weighted by molar-refractivity contribution is 6.30. The zero-order valence-electron chi connectivity index (χ0n) is 15.7. The number of amides is 1. The second kappa shape index (κ2) is 9.75. The molecule has 0 radical (unpaired) electrons. The second-order valence-corrected chi connectivity index (χ2v) is 6.59. The van der Waals surface area contributed by atoms with Crippen LogP contribution in [0.2, 0.25) is 5.02 Å². The van der Waals surface area contributed by atoms with Gasteiger partial charge in [-0.2, -0.15) is 0 Å². The molecule has 0 saturated carbocycles. The molecular weight excluding hydrogens is 393 g/mol. The Balaban J connectivity index is 1.63. The number of benzene rings is 3. The van der Waals surface area contributed by atoms with E-state index in [9.17, 15) is 9.18 Å². The molecule has 148 valence electrons. The van der Waals surface area contributed by atoms with Crippen molar-refractivity contribution < 1.29 is 18.7 Å². The second-order valence-electron chi connectivity index (χ2n) is 6.16. The molecule has 0 spiro atoms. The third-order valence-corrected chi connectivity index (χ3v) is 4.27. The molecule has 3 aromatic rings. The van der Waals surface area contributed by atoms with Crippen LogP contribution >= 0.6 is 11.6 Å². The highest BCUT2D eigenvalue weighted by Gasteiger charge is 2.06. The van der Waals surface area contributed by atoms with Crippen molar-refractivity contribution in [3.05, 3.63) is 94.8 Å². The molecule has 3 aromatic carbocycles. The Kier molecular flexibility index (Phi) is 6.87. The van der Waals surface area contributed by atoms with E-state index in [1.54, 1.807) is 43.5 Å². The highest BCUT2D eigenvalue weighted by atomic mass is 35.5. The van der Waals surface area contributed by atoms with Gasteiger partial charge in [0.05, 0.1) is 7.11 Å². The predicted octanol–water partition coefficient (Wildman–Crippen LogP) is 5.72.